The predicted molar refractivity (Wildman–Crippen MR) is 76.6 cm³/mol. The van der Waals surface area contributed by atoms with Gasteiger partial charge in [0.2, 0.25) is 0 Å². The number of rotatable bonds is 2. The van der Waals surface area contributed by atoms with Crippen LogP contribution in [0.3, 0.4) is 0 Å². The van der Waals surface area contributed by atoms with Crippen molar-refractivity contribution in [2.75, 3.05) is 5.32 Å². The molecule has 0 saturated carbocycles. The highest BCUT2D eigenvalue weighted by Crippen LogP contribution is 2.26. The molecular formula is C14H12BrNO3. The Bertz CT molecular complexity index is 641. The number of halogens is 1. The Balaban J connectivity index is 2.25. The van der Waals surface area contributed by atoms with E-state index in [0.29, 0.717) is 5.69 Å². The lowest BCUT2D eigenvalue weighted by atomic mass is 10.1. The second-order valence-electron chi connectivity index (χ2n) is 4.12. The third-order valence-corrected chi connectivity index (χ3v) is 3.18. The molecule has 0 spiro atoms. The number of phenols is 2. The molecule has 1 amide bonds. The molecule has 0 unspecified atom stereocenters. The molecule has 19 heavy (non-hydrogen) atoms. The topological polar surface area (TPSA) is 69.6 Å². The first-order valence-electron chi connectivity index (χ1n) is 5.57. The van der Waals surface area contributed by atoms with Crippen LogP contribution in [-0.2, 0) is 0 Å². The monoisotopic (exact) mass is 321 g/mol. The number of phenolic OH excluding ortho intramolecular Hbond substituents is 2. The van der Waals surface area contributed by atoms with Crippen LogP contribution in [0.15, 0.2) is 40.9 Å². The fraction of sp³-hybridized carbons (Fsp3) is 0.0714. The van der Waals surface area contributed by atoms with Crippen LogP contribution in [0.4, 0.5) is 5.69 Å². The van der Waals surface area contributed by atoms with Gasteiger partial charge in [-0.15, -0.1) is 0 Å². The molecule has 2 aromatic rings. The van der Waals surface area contributed by atoms with Crippen LogP contribution < -0.4 is 5.32 Å². The molecule has 0 aliphatic rings. The van der Waals surface area contributed by atoms with Crippen molar-refractivity contribution in [3.8, 4) is 11.5 Å². The number of aryl methyl sites for hydroxylation is 1. The summed E-state index contributed by atoms with van der Waals surface area (Å²) >= 11 is 3.34. The van der Waals surface area contributed by atoms with Crippen molar-refractivity contribution in [1.82, 2.24) is 0 Å². The van der Waals surface area contributed by atoms with Crippen molar-refractivity contribution < 1.29 is 15.0 Å². The van der Waals surface area contributed by atoms with Gasteiger partial charge >= 0.3 is 0 Å². The zero-order valence-corrected chi connectivity index (χ0v) is 11.7. The number of benzene rings is 2. The van der Waals surface area contributed by atoms with Crippen molar-refractivity contribution in [3.05, 3.63) is 52.0 Å². The average Bonchev–Trinajstić information content (AvgIpc) is 2.37. The van der Waals surface area contributed by atoms with Crippen molar-refractivity contribution in [3.63, 3.8) is 0 Å². The number of nitrogens with one attached hydrogen (secondary N) is 1. The van der Waals surface area contributed by atoms with E-state index in [1.165, 1.54) is 18.2 Å². The van der Waals surface area contributed by atoms with Gasteiger partial charge in [-0.2, -0.15) is 0 Å². The molecule has 0 aromatic heterocycles. The van der Waals surface area contributed by atoms with E-state index in [9.17, 15) is 15.0 Å². The molecule has 0 aliphatic carbocycles. The minimum atomic E-state index is -0.350. The highest BCUT2D eigenvalue weighted by Gasteiger charge is 2.10. The van der Waals surface area contributed by atoms with Gasteiger partial charge in [-0.25, -0.2) is 0 Å². The van der Waals surface area contributed by atoms with E-state index in [1.54, 1.807) is 6.07 Å². The first-order chi connectivity index (χ1) is 8.97. The number of anilines is 1. The molecular weight excluding hydrogens is 310 g/mol. The molecule has 0 heterocycles. The quantitative estimate of drug-likeness (QED) is 0.742. The van der Waals surface area contributed by atoms with Gasteiger partial charge in [-0.05, 0) is 42.8 Å². The molecule has 3 N–H and O–H groups in total. The third kappa shape index (κ3) is 3.06. The van der Waals surface area contributed by atoms with E-state index in [4.69, 9.17) is 0 Å². The van der Waals surface area contributed by atoms with Crippen LogP contribution >= 0.6 is 15.9 Å². The summed E-state index contributed by atoms with van der Waals surface area (Å²) in [6, 6.07) is 9.51. The van der Waals surface area contributed by atoms with E-state index in [2.05, 4.69) is 21.2 Å². The lowest BCUT2D eigenvalue weighted by Crippen LogP contribution is -2.12. The summed E-state index contributed by atoms with van der Waals surface area (Å²) < 4.78 is 0.863. The summed E-state index contributed by atoms with van der Waals surface area (Å²) in [5.41, 5.74) is 1.89. The maximum atomic E-state index is 12.0. The van der Waals surface area contributed by atoms with Gasteiger partial charge in [-0.1, -0.05) is 22.0 Å². The number of carbonyl (C=O) groups is 1. The van der Waals surface area contributed by atoms with Crippen LogP contribution in [0.2, 0.25) is 0 Å². The molecule has 0 bridgehead atoms. The molecule has 0 saturated heterocycles. The van der Waals surface area contributed by atoms with Crippen molar-refractivity contribution >= 4 is 27.5 Å². The Morgan fingerprint density at radius 2 is 1.84 bits per heavy atom. The second kappa shape index (κ2) is 5.32. The van der Waals surface area contributed by atoms with Crippen molar-refractivity contribution in [1.29, 1.82) is 0 Å². The molecule has 5 heteroatoms. The van der Waals surface area contributed by atoms with Crippen LogP contribution in [0.1, 0.15) is 15.9 Å². The molecule has 4 nitrogen and oxygen atoms in total. The maximum absolute atomic E-state index is 12.0. The minimum absolute atomic E-state index is 0.254. The number of amides is 1. The summed E-state index contributed by atoms with van der Waals surface area (Å²) in [4.78, 5) is 12.0. The number of hydrogen-bond acceptors (Lipinski definition) is 3. The predicted octanol–water partition coefficient (Wildman–Crippen LogP) is 3.42. The molecule has 0 radical (unpaired) electrons. The SMILES string of the molecule is Cc1ccc(Br)cc1NC(=O)c1ccc(O)c(O)c1. The van der Waals surface area contributed by atoms with Crippen LogP contribution in [0.25, 0.3) is 0 Å². The second-order valence-corrected chi connectivity index (χ2v) is 5.03. The Morgan fingerprint density at radius 3 is 2.53 bits per heavy atom. The Hall–Kier alpha value is -2.01. The molecule has 0 fully saturated rings. The third-order valence-electron chi connectivity index (χ3n) is 2.69. The van der Waals surface area contributed by atoms with Crippen LogP contribution in [0, 0.1) is 6.92 Å². The average molecular weight is 322 g/mol. The summed E-state index contributed by atoms with van der Waals surface area (Å²) in [6.45, 7) is 1.89. The summed E-state index contributed by atoms with van der Waals surface area (Å²) in [6.07, 6.45) is 0. The van der Waals surface area contributed by atoms with Gasteiger partial charge in [0.1, 0.15) is 0 Å². The summed E-state index contributed by atoms with van der Waals surface area (Å²) in [5.74, 6) is -0.926. The highest BCUT2D eigenvalue weighted by molar-refractivity contribution is 9.10. The molecule has 0 aliphatic heterocycles. The lowest BCUT2D eigenvalue weighted by Gasteiger charge is -2.09. The largest absolute Gasteiger partial charge is 0.504 e. The van der Waals surface area contributed by atoms with Crippen molar-refractivity contribution in [2.45, 2.75) is 6.92 Å². The summed E-state index contributed by atoms with van der Waals surface area (Å²) in [7, 11) is 0. The van der Waals surface area contributed by atoms with Gasteiger partial charge in [0.05, 0.1) is 0 Å². The van der Waals surface area contributed by atoms with Gasteiger partial charge in [0.15, 0.2) is 11.5 Å². The van der Waals surface area contributed by atoms with Crippen LogP contribution in [-0.4, -0.2) is 16.1 Å². The fourth-order valence-corrected chi connectivity index (χ4v) is 1.95. The first-order valence-corrected chi connectivity index (χ1v) is 6.36. The molecule has 2 aromatic carbocycles. The van der Waals surface area contributed by atoms with E-state index in [0.717, 1.165) is 10.0 Å². The van der Waals surface area contributed by atoms with Crippen LogP contribution in [0.5, 0.6) is 11.5 Å². The number of carbonyl (C=O) groups excluding carboxylic acids is 1. The molecule has 98 valence electrons. The smallest absolute Gasteiger partial charge is 0.255 e. The summed E-state index contributed by atoms with van der Waals surface area (Å²) in [5, 5.41) is 21.3. The van der Waals surface area contributed by atoms with E-state index in [1.807, 2.05) is 19.1 Å². The lowest BCUT2D eigenvalue weighted by molar-refractivity contribution is 0.102. The van der Waals surface area contributed by atoms with Gasteiger partial charge in [-0.3, -0.25) is 4.79 Å². The molecule has 2 rings (SSSR count). The van der Waals surface area contributed by atoms with E-state index < -0.39 is 0 Å². The zero-order chi connectivity index (χ0) is 14.0. The zero-order valence-electron chi connectivity index (χ0n) is 10.1. The molecule has 0 atom stereocenters. The van der Waals surface area contributed by atoms with Crippen molar-refractivity contribution in [2.24, 2.45) is 0 Å². The first kappa shape index (κ1) is 13.4. The Kier molecular flexibility index (Phi) is 3.76. The Morgan fingerprint density at radius 1 is 1.11 bits per heavy atom. The Labute approximate surface area is 118 Å². The maximum Gasteiger partial charge on any atom is 0.255 e. The van der Waals surface area contributed by atoms with E-state index in [-0.39, 0.29) is 23.0 Å². The number of aromatic hydroxyl groups is 2. The van der Waals surface area contributed by atoms with Gasteiger partial charge < -0.3 is 15.5 Å². The van der Waals surface area contributed by atoms with Gasteiger partial charge in [0.25, 0.3) is 5.91 Å². The fourth-order valence-electron chi connectivity index (χ4n) is 1.59. The van der Waals surface area contributed by atoms with Gasteiger partial charge in [0, 0.05) is 15.7 Å². The normalized spacial score (nSPS) is 10.2. The number of hydrogen-bond donors (Lipinski definition) is 3. The highest BCUT2D eigenvalue weighted by atomic mass is 79.9. The standard InChI is InChI=1S/C14H12BrNO3/c1-8-2-4-10(15)7-11(8)16-14(19)9-3-5-12(17)13(18)6-9/h2-7,17-18H,1H3,(H,16,19). The minimum Gasteiger partial charge on any atom is -0.504 e. The van der Waals surface area contributed by atoms with E-state index >= 15 is 0 Å².